The van der Waals surface area contributed by atoms with Crippen molar-refractivity contribution >= 4 is 11.9 Å². The second-order valence-electron chi connectivity index (χ2n) is 5.20. The van der Waals surface area contributed by atoms with Crippen molar-refractivity contribution in [1.29, 1.82) is 0 Å². The molecule has 2 rings (SSSR count). The van der Waals surface area contributed by atoms with Gasteiger partial charge in [0.2, 0.25) is 0 Å². The Labute approximate surface area is 125 Å². The first-order valence-electron chi connectivity index (χ1n) is 6.97. The molecule has 0 saturated heterocycles. The largest absolute Gasteiger partial charge is 0.484 e. The van der Waals surface area contributed by atoms with Crippen molar-refractivity contribution in [3.05, 3.63) is 29.8 Å². The number of aliphatic imine (C=N–C) groups is 1. The standard InChI is InChI=1S/C15H22N4O2/c1-18(2)14(20)11-21-13-6-4-5-12(9-13)10-17-15-16-7-8-19(15)3/h4-6,9H,7-8,10-11H2,1-3H3,(H,16,17). The number of nitrogens with zero attached hydrogens (tertiary/aromatic N) is 3. The molecule has 1 aliphatic rings. The number of likely N-dealkylation sites (N-methyl/N-ethyl adjacent to an activating group) is 2. The number of rotatable bonds is 5. The van der Waals surface area contributed by atoms with Gasteiger partial charge in [-0.25, -0.2) is 0 Å². The summed E-state index contributed by atoms with van der Waals surface area (Å²) >= 11 is 0. The Balaban J connectivity index is 1.87. The van der Waals surface area contributed by atoms with Crippen molar-refractivity contribution < 1.29 is 9.53 Å². The summed E-state index contributed by atoms with van der Waals surface area (Å²) in [6.07, 6.45) is 0. The number of benzene rings is 1. The molecule has 1 heterocycles. The molecule has 0 spiro atoms. The molecule has 1 N–H and O–H groups in total. The van der Waals surface area contributed by atoms with Crippen LogP contribution in [-0.2, 0) is 11.3 Å². The van der Waals surface area contributed by atoms with Gasteiger partial charge in [-0.15, -0.1) is 0 Å². The molecule has 1 aromatic rings. The van der Waals surface area contributed by atoms with Crippen molar-refractivity contribution in [1.82, 2.24) is 15.1 Å². The van der Waals surface area contributed by atoms with Gasteiger partial charge in [0.1, 0.15) is 5.75 Å². The molecule has 6 nitrogen and oxygen atoms in total. The van der Waals surface area contributed by atoms with Crippen molar-refractivity contribution in [2.24, 2.45) is 4.99 Å². The Hall–Kier alpha value is -2.24. The van der Waals surface area contributed by atoms with E-state index in [4.69, 9.17) is 4.74 Å². The normalized spacial score (nSPS) is 13.9. The Morgan fingerprint density at radius 2 is 2.29 bits per heavy atom. The van der Waals surface area contributed by atoms with Crippen LogP contribution in [0.4, 0.5) is 0 Å². The van der Waals surface area contributed by atoms with E-state index in [1.54, 1.807) is 14.1 Å². The maximum atomic E-state index is 11.5. The molecule has 0 atom stereocenters. The predicted molar refractivity (Wildman–Crippen MR) is 82.4 cm³/mol. The first-order chi connectivity index (χ1) is 10.1. The van der Waals surface area contributed by atoms with Crippen molar-refractivity contribution in [3.63, 3.8) is 0 Å². The number of hydrogen-bond acceptors (Lipinski definition) is 5. The minimum absolute atomic E-state index is 0.0549. The van der Waals surface area contributed by atoms with Gasteiger partial charge in [-0.3, -0.25) is 9.79 Å². The van der Waals surface area contributed by atoms with Gasteiger partial charge >= 0.3 is 0 Å². The molecule has 0 bridgehead atoms. The average Bonchev–Trinajstić information content (AvgIpc) is 2.88. The number of carbonyl (C=O) groups is 1. The van der Waals surface area contributed by atoms with Crippen molar-refractivity contribution in [2.75, 3.05) is 40.8 Å². The summed E-state index contributed by atoms with van der Waals surface area (Å²) in [5.41, 5.74) is 1.09. The summed E-state index contributed by atoms with van der Waals surface area (Å²) in [4.78, 5) is 19.5. The maximum absolute atomic E-state index is 11.5. The number of nitrogens with one attached hydrogen (secondary N) is 1. The average molecular weight is 290 g/mol. The number of carbonyl (C=O) groups excluding carboxylic acids is 1. The van der Waals surface area contributed by atoms with Crippen LogP contribution in [-0.4, -0.2) is 62.5 Å². The van der Waals surface area contributed by atoms with Crippen LogP contribution < -0.4 is 10.1 Å². The molecule has 21 heavy (non-hydrogen) atoms. The number of hydrogen-bond donors (Lipinski definition) is 1. The lowest BCUT2D eigenvalue weighted by molar-refractivity contribution is -0.130. The van der Waals surface area contributed by atoms with E-state index in [-0.39, 0.29) is 12.5 Å². The Kier molecular flexibility index (Phi) is 5.03. The molecule has 114 valence electrons. The van der Waals surface area contributed by atoms with Gasteiger partial charge in [0.25, 0.3) is 5.91 Å². The van der Waals surface area contributed by atoms with Crippen molar-refractivity contribution in [3.8, 4) is 5.75 Å². The van der Waals surface area contributed by atoms with Crippen molar-refractivity contribution in [2.45, 2.75) is 6.54 Å². The molecule has 0 radical (unpaired) electrons. The Bertz CT molecular complexity index is 528. The van der Waals surface area contributed by atoms with Crippen LogP contribution in [0.1, 0.15) is 5.56 Å². The van der Waals surface area contributed by atoms with E-state index in [1.165, 1.54) is 4.90 Å². The fraction of sp³-hybridized carbons (Fsp3) is 0.467. The molecular weight excluding hydrogens is 268 g/mol. The van der Waals surface area contributed by atoms with Crippen LogP contribution in [0.3, 0.4) is 0 Å². The van der Waals surface area contributed by atoms with E-state index in [9.17, 15) is 4.79 Å². The lowest BCUT2D eigenvalue weighted by Gasteiger charge is -2.15. The summed E-state index contributed by atoms with van der Waals surface area (Å²) in [5, 5.41) is 3.30. The van der Waals surface area contributed by atoms with Gasteiger partial charge in [0.15, 0.2) is 12.6 Å². The van der Waals surface area contributed by atoms with Gasteiger partial charge in [0, 0.05) is 34.2 Å². The van der Waals surface area contributed by atoms with E-state index >= 15 is 0 Å². The minimum atomic E-state index is -0.0551. The second kappa shape index (κ2) is 6.97. The quantitative estimate of drug-likeness (QED) is 0.860. The fourth-order valence-corrected chi connectivity index (χ4v) is 1.92. The van der Waals surface area contributed by atoms with Crippen LogP contribution in [0, 0.1) is 0 Å². The molecule has 0 fully saturated rings. The summed E-state index contributed by atoms with van der Waals surface area (Å²) < 4.78 is 5.50. The Morgan fingerprint density at radius 3 is 2.95 bits per heavy atom. The first-order valence-corrected chi connectivity index (χ1v) is 6.97. The molecule has 0 unspecified atom stereocenters. The highest BCUT2D eigenvalue weighted by Gasteiger charge is 2.11. The second-order valence-corrected chi connectivity index (χ2v) is 5.20. The van der Waals surface area contributed by atoms with Gasteiger partial charge < -0.3 is 19.9 Å². The molecule has 0 aromatic heterocycles. The maximum Gasteiger partial charge on any atom is 0.259 e. The topological polar surface area (TPSA) is 57.2 Å². The molecule has 6 heteroatoms. The van der Waals surface area contributed by atoms with Crippen LogP contribution in [0.25, 0.3) is 0 Å². The molecule has 1 aliphatic heterocycles. The summed E-state index contributed by atoms with van der Waals surface area (Å²) in [6.45, 7) is 2.54. The third-order valence-corrected chi connectivity index (χ3v) is 3.27. The number of ether oxygens (including phenoxy) is 1. The highest BCUT2D eigenvalue weighted by atomic mass is 16.5. The third kappa shape index (κ3) is 4.37. The summed E-state index contributed by atoms with van der Waals surface area (Å²) in [6, 6.07) is 7.73. The summed E-state index contributed by atoms with van der Waals surface area (Å²) in [5.74, 6) is 1.57. The Morgan fingerprint density at radius 1 is 1.48 bits per heavy atom. The molecular formula is C15H22N4O2. The summed E-state index contributed by atoms with van der Waals surface area (Å²) in [7, 11) is 5.45. The number of amides is 1. The smallest absolute Gasteiger partial charge is 0.259 e. The van der Waals surface area contributed by atoms with Crippen LogP contribution in [0.15, 0.2) is 29.3 Å². The zero-order valence-corrected chi connectivity index (χ0v) is 12.8. The van der Waals surface area contributed by atoms with Crippen LogP contribution in [0.2, 0.25) is 0 Å². The van der Waals surface area contributed by atoms with E-state index < -0.39 is 0 Å². The highest BCUT2D eigenvalue weighted by Crippen LogP contribution is 2.13. The minimum Gasteiger partial charge on any atom is -0.484 e. The van der Waals surface area contributed by atoms with Crippen LogP contribution >= 0.6 is 0 Å². The van der Waals surface area contributed by atoms with Gasteiger partial charge in [-0.1, -0.05) is 12.1 Å². The highest BCUT2D eigenvalue weighted by molar-refractivity contribution is 5.81. The fourth-order valence-electron chi connectivity index (χ4n) is 1.92. The SMILES string of the molecule is CN(C)C(=O)COc1cccc(CNC2=NCCN2C)c1. The van der Waals surface area contributed by atoms with Crippen LogP contribution in [0.5, 0.6) is 5.75 Å². The monoisotopic (exact) mass is 290 g/mol. The first kappa shape index (κ1) is 15.2. The predicted octanol–water partition coefficient (Wildman–Crippen LogP) is 0.545. The third-order valence-electron chi connectivity index (χ3n) is 3.27. The number of guanidine groups is 1. The van der Waals surface area contributed by atoms with Gasteiger partial charge in [-0.2, -0.15) is 0 Å². The van der Waals surface area contributed by atoms with E-state index in [0.717, 1.165) is 24.6 Å². The van der Waals surface area contributed by atoms with Gasteiger partial charge in [0.05, 0.1) is 6.54 Å². The molecule has 0 aliphatic carbocycles. The molecule has 1 aromatic carbocycles. The van der Waals surface area contributed by atoms with E-state index in [2.05, 4.69) is 15.2 Å². The van der Waals surface area contributed by atoms with Gasteiger partial charge in [-0.05, 0) is 17.7 Å². The lowest BCUT2D eigenvalue weighted by atomic mass is 10.2. The zero-order chi connectivity index (χ0) is 15.2. The molecule has 0 saturated carbocycles. The lowest BCUT2D eigenvalue weighted by Crippen LogP contribution is -2.35. The zero-order valence-electron chi connectivity index (χ0n) is 12.8. The molecule has 1 amide bonds. The van der Waals surface area contributed by atoms with E-state index in [1.807, 2.05) is 31.3 Å². The van der Waals surface area contributed by atoms with E-state index in [0.29, 0.717) is 12.3 Å².